The summed E-state index contributed by atoms with van der Waals surface area (Å²) >= 11 is 5.87. The number of phenolic OH excluding ortho intramolecular Hbond substituents is 1. The number of phenols is 1. The average molecular weight is 291 g/mol. The molecule has 0 aliphatic carbocycles. The van der Waals surface area contributed by atoms with Gasteiger partial charge in [0.1, 0.15) is 5.75 Å². The summed E-state index contributed by atoms with van der Waals surface area (Å²) in [6.07, 6.45) is 0. The first-order valence-electron chi connectivity index (χ1n) is 5.72. The van der Waals surface area contributed by atoms with Gasteiger partial charge in [-0.25, -0.2) is 0 Å². The molecule has 5 nitrogen and oxygen atoms in total. The van der Waals surface area contributed by atoms with Gasteiger partial charge in [0.15, 0.2) is 0 Å². The Morgan fingerprint density at radius 3 is 2.15 bits per heavy atom. The van der Waals surface area contributed by atoms with E-state index in [1.807, 2.05) is 0 Å². The summed E-state index contributed by atoms with van der Waals surface area (Å²) in [6, 6.07) is 12.1. The number of amides is 2. The van der Waals surface area contributed by atoms with E-state index in [1.165, 1.54) is 24.3 Å². The number of hydrazine groups is 1. The van der Waals surface area contributed by atoms with Gasteiger partial charge in [0.25, 0.3) is 11.8 Å². The number of hydrogen-bond acceptors (Lipinski definition) is 3. The van der Waals surface area contributed by atoms with Crippen LogP contribution in [0.5, 0.6) is 5.75 Å². The number of nitrogens with one attached hydrogen (secondary N) is 2. The highest BCUT2D eigenvalue weighted by Crippen LogP contribution is 2.14. The highest BCUT2D eigenvalue weighted by molar-refractivity contribution is 6.33. The van der Waals surface area contributed by atoms with Crippen LogP contribution in [0.4, 0.5) is 0 Å². The molecule has 6 heteroatoms. The molecule has 0 aliphatic heterocycles. The standard InChI is InChI=1S/C14H11ClN2O3/c15-12-4-2-1-3-11(12)14(20)17-16-13(19)9-5-7-10(18)8-6-9/h1-8,18H,(H,16,19)(H,17,20). The molecule has 0 spiro atoms. The third-order valence-electron chi connectivity index (χ3n) is 2.54. The Bertz CT molecular complexity index is 641. The largest absolute Gasteiger partial charge is 0.508 e. The summed E-state index contributed by atoms with van der Waals surface area (Å²) in [7, 11) is 0. The second-order valence-electron chi connectivity index (χ2n) is 3.93. The summed E-state index contributed by atoms with van der Waals surface area (Å²) in [6.45, 7) is 0. The van der Waals surface area contributed by atoms with Gasteiger partial charge in [0.05, 0.1) is 10.6 Å². The van der Waals surface area contributed by atoms with Crippen LogP contribution in [0.2, 0.25) is 5.02 Å². The number of carbonyl (C=O) groups is 2. The number of hydrogen-bond donors (Lipinski definition) is 3. The van der Waals surface area contributed by atoms with Crippen LogP contribution < -0.4 is 10.9 Å². The predicted molar refractivity (Wildman–Crippen MR) is 74.5 cm³/mol. The van der Waals surface area contributed by atoms with Crippen molar-refractivity contribution in [3.8, 4) is 5.75 Å². The van der Waals surface area contributed by atoms with Crippen LogP contribution in [0.25, 0.3) is 0 Å². The van der Waals surface area contributed by atoms with Crippen molar-refractivity contribution in [2.75, 3.05) is 0 Å². The van der Waals surface area contributed by atoms with Gasteiger partial charge >= 0.3 is 0 Å². The van der Waals surface area contributed by atoms with Crippen molar-refractivity contribution < 1.29 is 14.7 Å². The Hall–Kier alpha value is -2.53. The quantitative estimate of drug-likeness (QED) is 0.741. The molecule has 102 valence electrons. The van der Waals surface area contributed by atoms with E-state index in [1.54, 1.807) is 24.3 Å². The van der Waals surface area contributed by atoms with Crippen LogP contribution >= 0.6 is 11.6 Å². The number of rotatable bonds is 2. The fraction of sp³-hybridized carbons (Fsp3) is 0. The highest BCUT2D eigenvalue weighted by atomic mass is 35.5. The van der Waals surface area contributed by atoms with E-state index in [-0.39, 0.29) is 11.3 Å². The first-order chi connectivity index (χ1) is 9.58. The molecule has 2 amide bonds. The maximum absolute atomic E-state index is 11.8. The summed E-state index contributed by atoms with van der Waals surface area (Å²) < 4.78 is 0. The molecule has 0 unspecified atom stereocenters. The molecule has 0 fully saturated rings. The van der Waals surface area contributed by atoms with Gasteiger partial charge in [-0.1, -0.05) is 23.7 Å². The predicted octanol–water partition coefficient (Wildman–Crippen LogP) is 2.12. The van der Waals surface area contributed by atoms with Gasteiger partial charge < -0.3 is 5.11 Å². The van der Waals surface area contributed by atoms with Crippen LogP contribution in [-0.4, -0.2) is 16.9 Å². The van der Waals surface area contributed by atoms with E-state index in [0.717, 1.165) is 0 Å². The molecule has 2 aromatic carbocycles. The third-order valence-corrected chi connectivity index (χ3v) is 2.87. The Morgan fingerprint density at radius 2 is 1.50 bits per heavy atom. The van der Waals surface area contributed by atoms with Gasteiger partial charge in [-0.05, 0) is 36.4 Å². The normalized spacial score (nSPS) is 9.85. The molecule has 2 aromatic rings. The topological polar surface area (TPSA) is 78.4 Å². The minimum absolute atomic E-state index is 0.0571. The molecule has 0 aliphatic rings. The van der Waals surface area contributed by atoms with Crippen LogP contribution in [0, 0.1) is 0 Å². The lowest BCUT2D eigenvalue weighted by molar-refractivity contribution is 0.0846. The fourth-order valence-corrected chi connectivity index (χ4v) is 1.73. The zero-order chi connectivity index (χ0) is 14.5. The van der Waals surface area contributed by atoms with Crippen LogP contribution in [0.15, 0.2) is 48.5 Å². The summed E-state index contributed by atoms with van der Waals surface area (Å²) in [5, 5.41) is 9.41. The van der Waals surface area contributed by atoms with Crippen molar-refractivity contribution in [2.24, 2.45) is 0 Å². The zero-order valence-electron chi connectivity index (χ0n) is 10.3. The van der Waals surface area contributed by atoms with Crippen molar-refractivity contribution in [2.45, 2.75) is 0 Å². The van der Waals surface area contributed by atoms with Gasteiger partial charge in [-0.15, -0.1) is 0 Å². The maximum atomic E-state index is 11.8. The molecule has 3 N–H and O–H groups in total. The second-order valence-corrected chi connectivity index (χ2v) is 4.34. The Balaban J connectivity index is 1.99. The Labute approximate surface area is 120 Å². The van der Waals surface area contributed by atoms with Crippen LogP contribution in [0.3, 0.4) is 0 Å². The van der Waals surface area contributed by atoms with Gasteiger partial charge in [0, 0.05) is 5.56 Å². The smallest absolute Gasteiger partial charge is 0.271 e. The molecule has 2 rings (SSSR count). The Kier molecular flexibility index (Phi) is 4.22. The Morgan fingerprint density at radius 1 is 0.900 bits per heavy atom. The van der Waals surface area contributed by atoms with E-state index in [4.69, 9.17) is 16.7 Å². The summed E-state index contributed by atoms with van der Waals surface area (Å²) in [5.74, 6) is -0.949. The van der Waals surface area contributed by atoms with Crippen molar-refractivity contribution in [3.05, 3.63) is 64.7 Å². The van der Waals surface area contributed by atoms with E-state index >= 15 is 0 Å². The molecule has 0 bridgehead atoms. The molecule has 0 radical (unpaired) electrons. The molecule has 20 heavy (non-hydrogen) atoms. The van der Waals surface area contributed by atoms with Crippen LogP contribution in [0.1, 0.15) is 20.7 Å². The maximum Gasteiger partial charge on any atom is 0.271 e. The van der Waals surface area contributed by atoms with Crippen molar-refractivity contribution >= 4 is 23.4 Å². The second kappa shape index (κ2) is 6.08. The first kappa shape index (κ1) is 13.9. The monoisotopic (exact) mass is 290 g/mol. The van der Waals surface area contributed by atoms with E-state index in [0.29, 0.717) is 10.6 Å². The molecule has 0 heterocycles. The minimum Gasteiger partial charge on any atom is -0.508 e. The molecule has 0 saturated heterocycles. The SMILES string of the molecule is O=C(NNC(=O)c1ccccc1Cl)c1ccc(O)cc1. The lowest BCUT2D eigenvalue weighted by Crippen LogP contribution is -2.41. The average Bonchev–Trinajstić information content (AvgIpc) is 2.45. The summed E-state index contributed by atoms with van der Waals surface area (Å²) in [4.78, 5) is 23.5. The van der Waals surface area contributed by atoms with E-state index in [9.17, 15) is 9.59 Å². The number of carbonyl (C=O) groups excluding carboxylic acids is 2. The molecular formula is C14H11ClN2O3. The van der Waals surface area contributed by atoms with Gasteiger partial charge in [-0.2, -0.15) is 0 Å². The lowest BCUT2D eigenvalue weighted by atomic mass is 10.2. The van der Waals surface area contributed by atoms with Crippen molar-refractivity contribution in [3.63, 3.8) is 0 Å². The van der Waals surface area contributed by atoms with E-state index in [2.05, 4.69) is 10.9 Å². The summed E-state index contributed by atoms with van der Waals surface area (Å²) in [5.41, 5.74) is 5.10. The number of benzene rings is 2. The van der Waals surface area contributed by atoms with E-state index < -0.39 is 11.8 Å². The molecular weight excluding hydrogens is 280 g/mol. The molecule has 0 atom stereocenters. The zero-order valence-corrected chi connectivity index (χ0v) is 11.0. The first-order valence-corrected chi connectivity index (χ1v) is 6.10. The third kappa shape index (κ3) is 3.27. The van der Waals surface area contributed by atoms with Crippen molar-refractivity contribution in [1.29, 1.82) is 0 Å². The van der Waals surface area contributed by atoms with Gasteiger partial charge in [0.2, 0.25) is 0 Å². The lowest BCUT2D eigenvalue weighted by Gasteiger charge is -2.08. The fourth-order valence-electron chi connectivity index (χ4n) is 1.51. The molecule has 0 aromatic heterocycles. The minimum atomic E-state index is -0.511. The van der Waals surface area contributed by atoms with Gasteiger partial charge in [-0.3, -0.25) is 20.4 Å². The number of aromatic hydroxyl groups is 1. The molecule has 0 saturated carbocycles. The van der Waals surface area contributed by atoms with Crippen LogP contribution in [-0.2, 0) is 0 Å². The van der Waals surface area contributed by atoms with Crippen molar-refractivity contribution in [1.82, 2.24) is 10.9 Å². The number of halogens is 1. The highest BCUT2D eigenvalue weighted by Gasteiger charge is 2.11.